The minimum atomic E-state index is -0.451. The fourth-order valence-electron chi connectivity index (χ4n) is 3.40. The van der Waals surface area contributed by atoms with Crippen LogP contribution in [0, 0.1) is 5.41 Å². The molecule has 0 bridgehead atoms. The molecule has 2 N–H and O–H groups in total. The summed E-state index contributed by atoms with van der Waals surface area (Å²) in [5, 5.41) is 6.57. The molecule has 2 rings (SSSR count). The van der Waals surface area contributed by atoms with Crippen molar-refractivity contribution in [2.24, 2.45) is 5.41 Å². The number of carbonyl (C=O) groups excluding carboxylic acids is 1. The minimum absolute atomic E-state index is 0.0358. The van der Waals surface area contributed by atoms with Crippen molar-refractivity contribution in [2.75, 3.05) is 5.32 Å². The van der Waals surface area contributed by atoms with Gasteiger partial charge >= 0.3 is 0 Å². The number of amides is 1. The largest absolute Gasteiger partial charge is 0.310 e. The summed E-state index contributed by atoms with van der Waals surface area (Å²) in [4.78, 5) is 21.6. The standard InChI is InChI=1S/C26H40N4O/c1-8-11-19(3)20-14-15-21(27-17-20)16-26(7,9-2)28-18-22-12-10-13-23(29-22)30-24(31)25(4,5)6/h10,12-15,17,19,28H,8-9,11,16,18H2,1-7H3,(H,29,30,31). The highest BCUT2D eigenvalue weighted by molar-refractivity contribution is 5.93. The first-order chi connectivity index (χ1) is 14.6. The lowest BCUT2D eigenvalue weighted by Gasteiger charge is -2.30. The molecule has 0 aliphatic carbocycles. The Morgan fingerprint density at radius 1 is 1.06 bits per heavy atom. The maximum Gasteiger partial charge on any atom is 0.230 e. The average Bonchev–Trinajstić information content (AvgIpc) is 2.72. The summed E-state index contributed by atoms with van der Waals surface area (Å²) >= 11 is 0. The Balaban J connectivity index is 2.00. The van der Waals surface area contributed by atoms with Gasteiger partial charge in [0.25, 0.3) is 0 Å². The van der Waals surface area contributed by atoms with Crippen LogP contribution in [0.15, 0.2) is 36.5 Å². The van der Waals surface area contributed by atoms with E-state index in [0.717, 1.165) is 24.2 Å². The van der Waals surface area contributed by atoms with E-state index >= 15 is 0 Å². The maximum absolute atomic E-state index is 12.2. The van der Waals surface area contributed by atoms with E-state index in [1.54, 1.807) is 0 Å². The van der Waals surface area contributed by atoms with Gasteiger partial charge in [0.2, 0.25) is 5.91 Å². The Labute approximate surface area is 188 Å². The van der Waals surface area contributed by atoms with E-state index in [9.17, 15) is 4.79 Å². The summed E-state index contributed by atoms with van der Waals surface area (Å²) in [7, 11) is 0. The zero-order valence-electron chi connectivity index (χ0n) is 20.4. The van der Waals surface area contributed by atoms with Crippen molar-refractivity contribution >= 4 is 11.7 Å². The van der Waals surface area contributed by atoms with Crippen LogP contribution in [0.2, 0.25) is 0 Å². The van der Waals surface area contributed by atoms with Gasteiger partial charge in [0, 0.05) is 35.8 Å². The number of nitrogens with zero attached hydrogens (tertiary/aromatic N) is 2. The SMILES string of the molecule is CCCC(C)c1ccc(CC(C)(CC)NCc2cccc(NC(=O)C(C)(C)C)n2)nc1. The highest BCUT2D eigenvalue weighted by Gasteiger charge is 2.24. The normalized spacial score (nSPS) is 14.7. The van der Waals surface area contributed by atoms with Crippen molar-refractivity contribution < 1.29 is 4.79 Å². The third kappa shape index (κ3) is 7.73. The first-order valence-corrected chi connectivity index (χ1v) is 11.5. The van der Waals surface area contributed by atoms with Crippen LogP contribution >= 0.6 is 0 Å². The topological polar surface area (TPSA) is 66.9 Å². The van der Waals surface area contributed by atoms with Gasteiger partial charge in [-0.1, -0.05) is 60.1 Å². The second-order valence-corrected chi connectivity index (χ2v) is 9.94. The second kappa shape index (κ2) is 10.9. The molecular weight excluding hydrogens is 384 g/mol. The van der Waals surface area contributed by atoms with Gasteiger partial charge in [-0.15, -0.1) is 0 Å². The van der Waals surface area contributed by atoms with Crippen molar-refractivity contribution in [3.05, 3.63) is 53.5 Å². The van der Waals surface area contributed by atoms with Crippen molar-refractivity contribution in [1.29, 1.82) is 0 Å². The summed E-state index contributed by atoms with van der Waals surface area (Å²) in [6.45, 7) is 15.2. The Morgan fingerprint density at radius 2 is 1.81 bits per heavy atom. The third-order valence-corrected chi connectivity index (χ3v) is 5.92. The van der Waals surface area contributed by atoms with Crippen molar-refractivity contribution in [2.45, 2.75) is 92.2 Å². The molecule has 5 heteroatoms. The van der Waals surface area contributed by atoms with E-state index in [4.69, 9.17) is 4.98 Å². The molecule has 0 aromatic carbocycles. The van der Waals surface area contributed by atoms with Crippen LogP contribution in [0.25, 0.3) is 0 Å². The fourth-order valence-corrected chi connectivity index (χ4v) is 3.40. The molecular formula is C26H40N4O. The van der Waals surface area contributed by atoms with Crippen LogP contribution in [0.4, 0.5) is 5.82 Å². The number of carbonyl (C=O) groups is 1. The Kier molecular flexibility index (Phi) is 8.75. The first-order valence-electron chi connectivity index (χ1n) is 11.5. The number of hydrogen-bond acceptors (Lipinski definition) is 4. The minimum Gasteiger partial charge on any atom is -0.310 e. The molecule has 2 aromatic heterocycles. The van der Waals surface area contributed by atoms with Gasteiger partial charge in [-0.05, 0) is 49.4 Å². The molecule has 0 saturated carbocycles. The zero-order valence-corrected chi connectivity index (χ0v) is 20.4. The smallest absolute Gasteiger partial charge is 0.230 e. The van der Waals surface area contributed by atoms with Crippen LogP contribution in [-0.4, -0.2) is 21.4 Å². The summed E-state index contributed by atoms with van der Waals surface area (Å²) in [5.74, 6) is 1.11. The van der Waals surface area contributed by atoms with Crippen LogP contribution in [0.5, 0.6) is 0 Å². The summed E-state index contributed by atoms with van der Waals surface area (Å²) in [6, 6.07) is 10.1. The number of anilines is 1. The number of nitrogens with one attached hydrogen (secondary N) is 2. The molecule has 0 saturated heterocycles. The number of pyridine rings is 2. The molecule has 2 aromatic rings. The van der Waals surface area contributed by atoms with Gasteiger partial charge in [-0.3, -0.25) is 9.78 Å². The predicted octanol–water partition coefficient (Wildman–Crippen LogP) is 5.87. The molecule has 5 nitrogen and oxygen atoms in total. The second-order valence-electron chi connectivity index (χ2n) is 9.94. The van der Waals surface area contributed by atoms with Gasteiger partial charge in [0.15, 0.2) is 0 Å². The number of aromatic nitrogens is 2. The first kappa shape index (κ1) is 25.0. The van der Waals surface area contributed by atoms with Crippen molar-refractivity contribution in [3.8, 4) is 0 Å². The van der Waals surface area contributed by atoms with E-state index in [1.807, 2.05) is 45.2 Å². The Hall–Kier alpha value is -2.27. The summed E-state index contributed by atoms with van der Waals surface area (Å²) < 4.78 is 0. The molecule has 2 heterocycles. The average molecular weight is 425 g/mol. The van der Waals surface area contributed by atoms with Gasteiger partial charge in [-0.2, -0.15) is 0 Å². The summed E-state index contributed by atoms with van der Waals surface area (Å²) in [5.41, 5.74) is 2.78. The quantitative estimate of drug-likeness (QED) is 0.501. The highest BCUT2D eigenvalue weighted by atomic mass is 16.2. The lowest BCUT2D eigenvalue weighted by molar-refractivity contribution is -0.123. The summed E-state index contributed by atoms with van der Waals surface area (Å²) in [6.07, 6.45) is 6.25. The molecule has 0 aliphatic rings. The fraction of sp³-hybridized carbons (Fsp3) is 0.577. The Bertz CT molecular complexity index is 841. The van der Waals surface area contributed by atoms with Crippen LogP contribution < -0.4 is 10.6 Å². The number of rotatable bonds is 10. The van der Waals surface area contributed by atoms with E-state index in [2.05, 4.69) is 55.4 Å². The van der Waals surface area contributed by atoms with Crippen LogP contribution in [0.1, 0.15) is 90.6 Å². The number of hydrogen-bond donors (Lipinski definition) is 2. The zero-order chi connectivity index (χ0) is 23.1. The van der Waals surface area contributed by atoms with Crippen molar-refractivity contribution in [3.63, 3.8) is 0 Å². The van der Waals surface area contributed by atoms with E-state index < -0.39 is 5.41 Å². The van der Waals surface area contributed by atoms with Crippen molar-refractivity contribution in [1.82, 2.24) is 15.3 Å². The van der Waals surface area contributed by atoms with Gasteiger partial charge < -0.3 is 10.6 Å². The van der Waals surface area contributed by atoms with Gasteiger partial charge in [0.05, 0.1) is 5.69 Å². The van der Waals surface area contributed by atoms with E-state index in [0.29, 0.717) is 18.3 Å². The highest BCUT2D eigenvalue weighted by Crippen LogP contribution is 2.22. The van der Waals surface area contributed by atoms with Crippen LogP contribution in [0.3, 0.4) is 0 Å². The monoisotopic (exact) mass is 424 g/mol. The lowest BCUT2D eigenvalue weighted by Crippen LogP contribution is -2.43. The third-order valence-electron chi connectivity index (χ3n) is 5.92. The maximum atomic E-state index is 12.2. The molecule has 2 atom stereocenters. The van der Waals surface area contributed by atoms with E-state index in [-0.39, 0.29) is 11.4 Å². The molecule has 170 valence electrons. The molecule has 1 amide bonds. The molecule has 2 unspecified atom stereocenters. The molecule has 0 aliphatic heterocycles. The lowest BCUT2D eigenvalue weighted by atomic mass is 9.91. The van der Waals surface area contributed by atoms with E-state index in [1.165, 1.54) is 18.4 Å². The molecule has 0 spiro atoms. The Morgan fingerprint density at radius 3 is 2.39 bits per heavy atom. The molecule has 0 radical (unpaired) electrons. The van der Waals surface area contributed by atoms with Gasteiger partial charge in [-0.25, -0.2) is 4.98 Å². The van der Waals surface area contributed by atoms with Gasteiger partial charge in [0.1, 0.15) is 5.82 Å². The predicted molar refractivity (Wildman–Crippen MR) is 129 cm³/mol. The van der Waals surface area contributed by atoms with Crippen LogP contribution in [-0.2, 0) is 17.8 Å². The molecule has 31 heavy (non-hydrogen) atoms. The molecule has 0 fully saturated rings.